The van der Waals surface area contributed by atoms with E-state index in [0.717, 1.165) is 23.9 Å². The second-order valence-corrected chi connectivity index (χ2v) is 4.71. The molecule has 0 aliphatic rings. The summed E-state index contributed by atoms with van der Waals surface area (Å²) in [6, 6.07) is 10.4. The molecule has 0 fully saturated rings. The zero-order valence-electron chi connectivity index (χ0n) is 9.36. The molecule has 0 saturated carbocycles. The fourth-order valence-electron chi connectivity index (χ4n) is 1.81. The predicted octanol–water partition coefficient (Wildman–Crippen LogP) is 3.06. The molecule has 2 aromatic rings. The number of hydrogen-bond donors (Lipinski definition) is 0. The molecule has 0 atom stereocenters. The molecular formula is C13H15BrN2. The summed E-state index contributed by atoms with van der Waals surface area (Å²) in [6.45, 7) is 2.02. The van der Waals surface area contributed by atoms with Gasteiger partial charge in [0.15, 0.2) is 0 Å². The minimum atomic E-state index is 0.967. The second-order valence-electron chi connectivity index (χ2n) is 3.91. The van der Waals surface area contributed by atoms with Crippen molar-refractivity contribution in [2.75, 3.05) is 18.9 Å². The Morgan fingerprint density at radius 2 is 2.06 bits per heavy atom. The predicted molar refractivity (Wildman–Crippen MR) is 71.9 cm³/mol. The summed E-state index contributed by atoms with van der Waals surface area (Å²) in [5.74, 6) is 0. The molecule has 0 spiro atoms. The molecule has 2 nitrogen and oxygen atoms in total. The maximum atomic E-state index is 4.37. The third-order valence-electron chi connectivity index (χ3n) is 2.65. The Balaban J connectivity index is 2.30. The Hall–Kier alpha value is -0.930. The van der Waals surface area contributed by atoms with Crippen LogP contribution in [0.5, 0.6) is 0 Å². The molecule has 0 unspecified atom stereocenters. The van der Waals surface area contributed by atoms with Gasteiger partial charge >= 0.3 is 0 Å². The molecule has 2 rings (SSSR count). The fourth-order valence-corrected chi connectivity index (χ4v) is 2.41. The van der Waals surface area contributed by atoms with Gasteiger partial charge in [0, 0.05) is 30.0 Å². The van der Waals surface area contributed by atoms with Crippen molar-refractivity contribution in [1.82, 2.24) is 9.88 Å². The van der Waals surface area contributed by atoms with E-state index in [2.05, 4.69) is 57.1 Å². The van der Waals surface area contributed by atoms with Crippen LogP contribution in [0.25, 0.3) is 10.9 Å². The van der Waals surface area contributed by atoms with Gasteiger partial charge in [0.05, 0.1) is 5.52 Å². The molecule has 0 saturated heterocycles. The molecule has 1 heterocycles. The maximum Gasteiger partial charge on any atom is 0.0705 e. The van der Waals surface area contributed by atoms with Crippen molar-refractivity contribution in [2.24, 2.45) is 0 Å². The molecule has 0 radical (unpaired) electrons. The van der Waals surface area contributed by atoms with Crippen LogP contribution in [0.15, 0.2) is 36.5 Å². The number of alkyl halides is 1. The molecule has 0 aliphatic heterocycles. The minimum absolute atomic E-state index is 0.967. The summed E-state index contributed by atoms with van der Waals surface area (Å²) >= 11 is 3.46. The Morgan fingerprint density at radius 3 is 2.88 bits per heavy atom. The van der Waals surface area contributed by atoms with Crippen molar-refractivity contribution in [3.05, 3.63) is 42.1 Å². The smallest absolute Gasteiger partial charge is 0.0705 e. The van der Waals surface area contributed by atoms with Gasteiger partial charge in [-0.3, -0.25) is 4.98 Å². The van der Waals surface area contributed by atoms with Crippen molar-refractivity contribution >= 4 is 26.8 Å². The normalized spacial score (nSPS) is 11.2. The lowest BCUT2D eigenvalue weighted by atomic mass is 10.1. The van der Waals surface area contributed by atoms with E-state index in [1.165, 1.54) is 10.9 Å². The number of pyridine rings is 1. The largest absolute Gasteiger partial charge is 0.301 e. The third kappa shape index (κ3) is 2.60. The standard InChI is InChI=1S/C13H15BrN2/c1-16(9-7-14)10-11-6-8-15-13-5-3-2-4-12(11)13/h2-6,8H,7,9-10H2,1H3. The summed E-state index contributed by atoms with van der Waals surface area (Å²) in [7, 11) is 2.14. The van der Waals surface area contributed by atoms with Gasteiger partial charge in [0.1, 0.15) is 0 Å². The van der Waals surface area contributed by atoms with Gasteiger partial charge in [-0.1, -0.05) is 34.1 Å². The number of fused-ring (bicyclic) bond motifs is 1. The quantitative estimate of drug-likeness (QED) is 0.800. The number of nitrogens with zero attached hydrogens (tertiary/aromatic N) is 2. The summed E-state index contributed by atoms with van der Waals surface area (Å²) in [4.78, 5) is 6.67. The molecule has 16 heavy (non-hydrogen) atoms. The van der Waals surface area contributed by atoms with Crippen molar-refractivity contribution < 1.29 is 0 Å². The summed E-state index contributed by atoms with van der Waals surface area (Å²) in [5, 5.41) is 2.26. The van der Waals surface area contributed by atoms with Crippen LogP contribution < -0.4 is 0 Å². The minimum Gasteiger partial charge on any atom is -0.301 e. The Bertz CT molecular complexity index is 465. The van der Waals surface area contributed by atoms with E-state index < -0.39 is 0 Å². The number of benzene rings is 1. The molecule has 3 heteroatoms. The van der Waals surface area contributed by atoms with Crippen molar-refractivity contribution in [1.29, 1.82) is 0 Å². The first kappa shape index (κ1) is 11.6. The van der Waals surface area contributed by atoms with Gasteiger partial charge in [-0.25, -0.2) is 0 Å². The van der Waals surface area contributed by atoms with Crippen molar-refractivity contribution in [3.63, 3.8) is 0 Å². The van der Waals surface area contributed by atoms with E-state index >= 15 is 0 Å². The SMILES string of the molecule is CN(CCBr)Cc1ccnc2ccccc12. The first-order valence-electron chi connectivity index (χ1n) is 5.38. The van der Waals surface area contributed by atoms with E-state index in [-0.39, 0.29) is 0 Å². The van der Waals surface area contributed by atoms with Crippen molar-refractivity contribution in [3.8, 4) is 0 Å². The van der Waals surface area contributed by atoms with Crippen LogP contribution in [-0.2, 0) is 6.54 Å². The first-order chi connectivity index (χ1) is 7.81. The molecule has 0 N–H and O–H groups in total. The number of rotatable bonds is 4. The number of halogens is 1. The van der Waals surface area contributed by atoms with Gasteiger partial charge < -0.3 is 4.90 Å². The summed E-state index contributed by atoms with van der Waals surface area (Å²) in [5.41, 5.74) is 2.42. The molecule has 0 amide bonds. The average molecular weight is 279 g/mol. The summed E-state index contributed by atoms with van der Waals surface area (Å²) in [6.07, 6.45) is 1.89. The number of hydrogen-bond acceptors (Lipinski definition) is 2. The zero-order valence-corrected chi connectivity index (χ0v) is 10.9. The Morgan fingerprint density at radius 1 is 1.25 bits per heavy atom. The number of para-hydroxylation sites is 1. The van der Waals surface area contributed by atoms with E-state index in [4.69, 9.17) is 0 Å². The van der Waals surface area contributed by atoms with Crippen molar-refractivity contribution in [2.45, 2.75) is 6.54 Å². The highest BCUT2D eigenvalue weighted by atomic mass is 79.9. The molecular weight excluding hydrogens is 264 g/mol. The third-order valence-corrected chi connectivity index (χ3v) is 3.00. The first-order valence-corrected chi connectivity index (χ1v) is 6.50. The molecule has 1 aromatic heterocycles. The average Bonchev–Trinajstić information content (AvgIpc) is 2.30. The van der Waals surface area contributed by atoms with Crippen LogP contribution >= 0.6 is 15.9 Å². The van der Waals surface area contributed by atoms with Crippen LogP contribution in [-0.4, -0.2) is 28.8 Å². The van der Waals surface area contributed by atoms with E-state index in [9.17, 15) is 0 Å². The monoisotopic (exact) mass is 278 g/mol. The summed E-state index contributed by atoms with van der Waals surface area (Å²) < 4.78 is 0. The van der Waals surface area contributed by atoms with Gasteiger partial charge in [-0.05, 0) is 24.7 Å². The van der Waals surface area contributed by atoms with Crippen LogP contribution in [0.4, 0.5) is 0 Å². The molecule has 84 valence electrons. The van der Waals surface area contributed by atoms with Crippen LogP contribution in [0, 0.1) is 0 Å². The van der Waals surface area contributed by atoms with E-state index in [1.54, 1.807) is 0 Å². The lowest BCUT2D eigenvalue weighted by Gasteiger charge is -2.16. The highest BCUT2D eigenvalue weighted by Gasteiger charge is 2.03. The second kappa shape index (κ2) is 5.41. The maximum absolute atomic E-state index is 4.37. The fraction of sp³-hybridized carbons (Fsp3) is 0.308. The number of aromatic nitrogens is 1. The van der Waals surface area contributed by atoms with Gasteiger partial charge in [-0.15, -0.1) is 0 Å². The zero-order chi connectivity index (χ0) is 11.4. The topological polar surface area (TPSA) is 16.1 Å². The van der Waals surface area contributed by atoms with Crippen LogP contribution in [0.3, 0.4) is 0 Å². The Kier molecular flexibility index (Phi) is 3.91. The van der Waals surface area contributed by atoms with Crippen LogP contribution in [0.2, 0.25) is 0 Å². The molecule has 1 aromatic carbocycles. The highest BCUT2D eigenvalue weighted by molar-refractivity contribution is 9.09. The lowest BCUT2D eigenvalue weighted by molar-refractivity contribution is 0.351. The van der Waals surface area contributed by atoms with Gasteiger partial charge in [-0.2, -0.15) is 0 Å². The highest BCUT2D eigenvalue weighted by Crippen LogP contribution is 2.17. The van der Waals surface area contributed by atoms with E-state index in [0.29, 0.717) is 0 Å². The molecule has 0 aliphatic carbocycles. The lowest BCUT2D eigenvalue weighted by Crippen LogP contribution is -2.20. The van der Waals surface area contributed by atoms with E-state index in [1.807, 2.05) is 12.3 Å². The van der Waals surface area contributed by atoms with Gasteiger partial charge in [0.25, 0.3) is 0 Å². The Labute approximate surface area is 104 Å². The van der Waals surface area contributed by atoms with Gasteiger partial charge in [0.2, 0.25) is 0 Å². The molecule has 0 bridgehead atoms. The van der Waals surface area contributed by atoms with Crippen LogP contribution in [0.1, 0.15) is 5.56 Å².